The van der Waals surface area contributed by atoms with Crippen molar-refractivity contribution in [3.05, 3.63) is 46.2 Å². The van der Waals surface area contributed by atoms with Crippen LogP contribution in [-0.2, 0) is 10.0 Å². The van der Waals surface area contributed by atoms with Crippen LogP contribution in [-0.4, -0.2) is 48.0 Å². The molecule has 3 fully saturated rings. The number of aromatic hydroxyl groups is 1. The van der Waals surface area contributed by atoms with Crippen LogP contribution in [0, 0.1) is 5.82 Å². The van der Waals surface area contributed by atoms with Crippen LogP contribution in [0.3, 0.4) is 0 Å². The number of phenols is 1. The van der Waals surface area contributed by atoms with E-state index >= 15 is 0 Å². The van der Waals surface area contributed by atoms with Gasteiger partial charge in [-0.05, 0) is 62.8 Å². The van der Waals surface area contributed by atoms with Crippen LogP contribution >= 0.6 is 23.2 Å². The number of nitrogens with zero attached hydrogens (tertiary/aromatic N) is 1. The van der Waals surface area contributed by atoms with Gasteiger partial charge in [-0.2, -0.15) is 4.31 Å². The zero-order valence-corrected chi connectivity index (χ0v) is 20.9. The third-order valence-electron chi connectivity index (χ3n) is 6.78. The van der Waals surface area contributed by atoms with Crippen molar-refractivity contribution in [2.45, 2.75) is 67.6 Å². The second kappa shape index (κ2) is 9.40. The molecule has 1 saturated carbocycles. The van der Waals surface area contributed by atoms with Crippen molar-refractivity contribution >= 4 is 50.6 Å². The number of halogens is 3. The number of piperidine rings is 1. The molecule has 2 amide bonds. The fourth-order valence-electron chi connectivity index (χ4n) is 5.12. The van der Waals surface area contributed by atoms with Crippen LogP contribution in [0.1, 0.15) is 38.5 Å². The molecule has 2 saturated heterocycles. The van der Waals surface area contributed by atoms with Gasteiger partial charge in [0.2, 0.25) is 10.0 Å². The van der Waals surface area contributed by atoms with Crippen LogP contribution in [0.15, 0.2) is 35.2 Å². The Labute approximate surface area is 212 Å². The Morgan fingerprint density at radius 3 is 2.29 bits per heavy atom. The second-order valence-electron chi connectivity index (χ2n) is 9.28. The molecule has 2 aromatic rings. The third kappa shape index (κ3) is 4.82. The van der Waals surface area contributed by atoms with E-state index in [0.717, 1.165) is 31.7 Å². The molecule has 0 radical (unpaired) electrons. The lowest BCUT2D eigenvalue weighted by Crippen LogP contribution is -2.51. The number of sulfonamides is 1. The Balaban J connectivity index is 1.37. The maximum Gasteiger partial charge on any atom is 0.323 e. The predicted molar refractivity (Wildman–Crippen MR) is 132 cm³/mol. The fraction of sp³-hybridized carbons (Fsp3) is 0.435. The number of amides is 2. The summed E-state index contributed by atoms with van der Waals surface area (Å²) in [6, 6.07) is 6.14. The number of anilines is 2. The molecule has 1 aliphatic carbocycles. The molecule has 2 atom stereocenters. The van der Waals surface area contributed by atoms with Crippen molar-refractivity contribution < 1.29 is 22.7 Å². The minimum Gasteiger partial charge on any atom is -0.504 e. The summed E-state index contributed by atoms with van der Waals surface area (Å²) in [6.45, 7) is 0. The average Bonchev–Trinajstić information content (AvgIpc) is 3.56. The van der Waals surface area contributed by atoms with E-state index in [1.165, 1.54) is 28.6 Å². The van der Waals surface area contributed by atoms with E-state index in [9.17, 15) is 22.7 Å². The number of nitrogens with one attached hydrogen (secondary N) is 3. The minimum absolute atomic E-state index is 0.0183. The zero-order valence-electron chi connectivity index (χ0n) is 18.6. The smallest absolute Gasteiger partial charge is 0.323 e. The van der Waals surface area contributed by atoms with Gasteiger partial charge in [-0.15, -0.1) is 0 Å². The largest absolute Gasteiger partial charge is 0.504 e. The van der Waals surface area contributed by atoms with Crippen molar-refractivity contribution in [2.24, 2.45) is 0 Å². The lowest BCUT2D eigenvalue weighted by atomic mass is 10.00. The van der Waals surface area contributed by atoms with Gasteiger partial charge in [0.15, 0.2) is 5.75 Å². The van der Waals surface area contributed by atoms with E-state index < -0.39 is 32.5 Å². The number of carbonyl (C=O) groups excluding carboxylic acids is 1. The number of hydrogen-bond donors (Lipinski definition) is 4. The Hall–Kier alpha value is -2.11. The van der Waals surface area contributed by atoms with E-state index in [0.29, 0.717) is 18.9 Å². The van der Waals surface area contributed by atoms with Crippen LogP contribution < -0.4 is 16.0 Å². The van der Waals surface area contributed by atoms with Gasteiger partial charge in [-0.25, -0.2) is 17.6 Å². The molecule has 2 aromatic carbocycles. The molecule has 2 heterocycles. The van der Waals surface area contributed by atoms with Crippen molar-refractivity contribution in [1.29, 1.82) is 0 Å². The molecule has 5 rings (SSSR count). The molecule has 188 valence electrons. The van der Waals surface area contributed by atoms with Crippen molar-refractivity contribution in [3.8, 4) is 5.75 Å². The summed E-state index contributed by atoms with van der Waals surface area (Å²) >= 11 is 12.1. The van der Waals surface area contributed by atoms with E-state index in [1.54, 1.807) is 0 Å². The molecule has 12 heteroatoms. The van der Waals surface area contributed by atoms with E-state index in [-0.39, 0.29) is 39.5 Å². The number of urea groups is 1. The van der Waals surface area contributed by atoms with E-state index in [2.05, 4.69) is 16.0 Å². The lowest BCUT2D eigenvalue weighted by molar-refractivity contribution is 0.205. The molecule has 0 spiro atoms. The van der Waals surface area contributed by atoms with Crippen LogP contribution in [0.25, 0.3) is 0 Å². The summed E-state index contributed by atoms with van der Waals surface area (Å²) in [7, 11) is -4.14. The zero-order chi connectivity index (χ0) is 24.9. The molecule has 35 heavy (non-hydrogen) atoms. The summed E-state index contributed by atoms with van der Waals surface area (Å²) in [5.41, 5.74) is -0.139. The van der Waals surface area contributed by atoms with E-state index in [4.69, 9.17) is 23.2 Å². The minimum atomic E-state index is -4.14. The molecular weight excluding hydrogens is 518 g/mol. The number of phenolic OH excluding ortho intramolecular Hbond substituents is 1. The number of rotatable bonds is 6. The first-order valence-corrected chi connectivity index (χ1v) is 13.7. The highest BCUT2D eigenvalue weighted by Gasteiger charge is 2.49. The first-order chi connectivity index (χ1) is 16.6. The Morgan fingerprint density at radius 2 is 1.63 bits per heavy atom. The molecule has 0 aromatic heterocycles. The fourth-order valence-corrected chi connectivity index (χ4v) is 7.79. The van der Waals surface area contributed by atoms with Gasteiger partial charge in [-0.3, -0.25) is 0 Å². The van der Waals surface area contributed by atoms with Crippen molar-refractivity contribution in [2.75, 3.05) is 10.6 Å². The molecule has 3 aliphatic rings. The molecular formula is C23H25Cl2FN4O4S. The Bertz CT molecular complexity index is 1260. The van der Waals surface area contributed by atoms with Gasteiger partial charge in [0.25, 0.3) is 0 Å². The molecule has 2 bridgehead atoms. The normalized spacial score (nSPS) is 24.4. The Morgan fingerprint density at radius 1 is 0.971 bits per heavy atom. The SMILES string of the molecule is O=C(Nc1ccc(Cl)c(S(=O)(=O)N2[C@H]3CC[C@H]2CC(NC2CC2)C3)c1O)Nc1cccc(F)c1Cl. The van der Waals surface area contributed by atoms with Crippen molar-refractivity contribution in [1.82, 2.24) is 9.62 Å². The topological polar surface area (TPSA) is 111 Å². The Kier molecular flexibility index (Phi) is 6.60. The highest BCUT2D eigenvalue weighted by atomic mass is 35.5. The highest BCUT2D eigenvalue weighted by Crippen LogP contribution is 2.45. The third-order valence-corrected chi connectivity index (χ3v) is 9.67. The maximum absolute atomic E-state index is 13.7. The monoisotopic (exact) mass is 542 g/mol. The van der Waals surface area contributed by atoms with Gasteiger partial charge in [0, 0.05) is 24.2 Å². The summed E-state index contributed by atoms with van der Waals surface area (Å²) < 4.78 is 42.6. The predicted octanol–water partition coefficient (Wildman–Crippen LogP) is 4.92. The van der Waals surface area contributed by atoms with Gasteiger partial charge in [0.05, 0.1) is 21.4 Å². The quantitative estimate of drug-likeness (QED) is 0.387. The second-order valence-corrected chi connectivity index (χ2v) is 11.8. The summed E-state index contributed by atoms with van der Waals surface area (Å²) in [4.78, 5) is 12.0. The summed E-state index contributed by atoms with van der Waals surface area (Å²) in [5, 5.41) is 18.8. The summed E-state index contributed by atoms with van der Waals surface area (Å²) in [5.74, 6) is -1.37. The van der Waals surface area contributed by atoms with Crippen LogP contribution in [0.4, 0.5) is 20.6 Å². The first kappa shape index (κ1) is 24.6. The molecule has 2 aliphatic heterocycles. The standard InChI is InChI=1S/C23H25Cl2FN4O4S/c24-16-8-9-19(29-23(32)28-18-3-1-2-17(26)20(18)25)21(31)22(16)35(33,34)30-14-6-7-15(30)11-13(10-14)27-12-4-5-12/h1-3,8-9,12-15,27,31H,4-7,10-11H2,(H2,28,29,32)/t14-,15-/m0/s1. The van der Waals surface area contributed by atoms with Crippen molar-refractivity contribution in [3.63, 3.8) is 0 Å². The van der Waals surface area contributed by atoms with Gasteiger partial charge < -0.3 is 21.1 Å². The van der Waals surface area contributed by atoms with Gasteiger partial charge in [0.1, 0.15) is 10.7 Å². The number of hydrogen-bond acceptors (Lipinski definition) is 5. The summed E-state index contributed by atoms with van der Waals surface area (Å²) in [6.07, 6.45) is 5.24. The molecule has 0 unspecified atom stereocenters. The van der Waals surface area contributed by atoms with Gasteiger partial charge >= 0.3 is 6.03 Å². The van der Waals surface area contributed by atoms with Crippen LogP contribution in [0.2, 0.25) is 10.0 Å². The number of benzene rings is 2. The first-order valence-electron chi connectivity index (χ1n) is 11.5. The average molecular weight is 543 g/mol. The van der Waals surface area contributed by atoms with Gasteiger partial charge in [-0.1, -0.05) is 29.3 Å². The van der Waals surface area contributed by atoms with E-state index in [1.807, 2.05) is 0 Å². The lowest BCUT2D eigenvalue weighted by Gasteiger charge is -2.38. The number of carbonyl (C=O) groups is 1. The maximum atomic E-state index is 13.7. The van der Waals surface area contributed by atoms with Crippen LogP contribution in [0.5, 0.6) is 5.75 Å². The molecule has 4 N–H and O–H groups in total. The number of fused-ring (bicyclic) bond motifs is 2. The highest BCUT2D eigenvalue weighted by molar-refractivity contribution is 7.89. The molecule has 8 nitrogen and oxygen atoms in total.